The molecule has 0 bridgehead atoms. The van der Waals surface area contributed by atoms with Crippen LogP contribution in [0, 0.1) is 5.82 Å². The van der Waals surface area contributed by atoms with E-state index in [1.807, 2.05) is 37.2 Å². The normalized spacial score (nSPS) is 11.8. The summed E-state index contributed by atoms with van der Waals surface area (Å²) in [5.74, 6) is 0.196. The number of nitrogens with one attached hydrogen (secondary N) is 2. The summed E-state index contributed by atoms with van der Waals surface area (Å²) in [5, 5.41) is 8.10. The molecule has 5 heterocycles. The van der Waals surface area contributed by atoms with Gasteiger partial charge in [-0.15, -0.1) is 0 Å². The highest BCUT2D eigenvalue weighted by Gasteiger charge is 2.18. The molecule has 1 aromatic carbocycles. The number of furan rings is 1. The smallest absolute Gasteiger partial charge is 0.178 e. The van der Waals surface area contributed by atoms with Crippen molar-refractivity contribution in [1.29, 1.82) is 0 Å². The molecule has 0 saturated heterocycles. The van der Waals surface area contributed by atoms with Crippen LogP contribution in [0.3, 0.4) is 0 Å². The second-order valence-corrected chi connectivity index (χ2v) is 8.42. The summed E-state index contributed by atoms with van der Waals surface area (Å²) in [5.41, 5.74) is 6.52. The van der Waals surface area contributed by atoms with Crippen molar-refractivity contribution >= 4 is 22.1 Å². The average molecular weight is 453 g/mol. The molecule has 0 unspecified atom stereocenters. The lowest BCUT2D eigenvalue weighted by atomic mass is 10.0. The van der Waals surface area contributed by atoms with Gasteiger partial charge in [-0.2, -0.15) is 5.10 Å². The van der Waals surface area contributed by atoms with Crippen molar-refractivity contribution in [2.24, 2.45) is 0 Å². The third kappa shape index (κ3) is 3.43. The topological polar surface area (TPSA) is 99.5 Å². The summed E-state index contributed by atoms with van der Waals surface area (Å²) >= 11 is 0. The fourth-order valence-electron chi connectivity index (χ4n) is 4.21. The molecular formula is C25H20FN7O. The Morgan fingerprint density at radius 2 is 1.97 bits per heavy atom. The van der Waals surface area contributed by atoms with Crippen LogP contribution in [0.2, 0.25) is 0 Å². The van der Waals surface area contributed by atoms with Crippen molar-refractivity contribution in [3.63, 3.8) is 0 Å². The molecule has 34 heavy (non-hydrogen) atoms. The molecule has 0 atom stereocenters. The molecule has 8 nitrogen and oxygen atoms in total. The van der Waals surface area contributed by atoms with Gasteiger partial charge in [-0.1, -0.05) is 0 Å². The number of rotatable bonds is 5. The highest BCUT2D eigenvalue weighted by molar-refractivity contribution is 5.97. The van der Waals surface area contributed by atoms with E-state index in [1.165, 1.54) is 6.07 Å². The number of hydrogen-bond donors (Lipinski definition) is 2. The molecule has 0 aliphatic rings. The minimum absolute atomic E-state index is 0.347. The predicted octanol–water partition coefficient (Wildman–Crippen LogP) is 5.02. The molecule has 9 heteroatoms. The Balaban J connectivity index is 1.48. The van der Waals surface area contributed by atoms with E-state index in [-0.39, 0.29) is 5.82 Å². The maximum absolute atomic E-state index is 15.1. The fraction of sp³-hybridized carbons (Fsp3) is 0.120. The second kappa shape index (κ2) is 7.89. The number of H-pyrrole nitrogens is 2. The van der Waals surface area contributed by atoms with Crippen LogP contribution in [0.25, 0.3) is 55.8 Å². The number of pyridine rings is 2. The lowest BCUT2D eigenvalue weighted by Crippen LogP contribution is -2.10. The van der Waals surface area contributed by atoms with Gasteiger partial charge in [0.05, 0.1) is 23.6 Å². The minimum atomic E-state index is -0.347. The molecule has 5 aromatic heterocycles. The fourth-order valence-corrected chi connectivity index (χ4v) is 4.21. The number of fused-ring (bicyclic) bond motifs is 2. The van der Waals surface area contributed by atoms with E-state index in [1.54, 1.807) is 37.2 Å². The predicted molar refractivity (Wildman–Crippen MR) is 127 cm³/mol. The van der Waals surface area contributed by atoms with E-state index in [4.69, 9.17) is 4.42 Å². The van der Waals surface area contributed by atoms with Crippen LogP contribution in [0.4, 0.5) is 4.39 Å². The number of aromatic nitrogens is 6. The van der Waals surface area contributed by atoms with Gasteiger partial charge >= 0.3 is 0 Å². The summed E-state index contributed by atoms with van der Waals surface area (Å²) < 4.78 is 20.3. The number of imidazole rings is 1. The van der Waals surface area contributed by atoms with Gasteiger partial charge in [0.2, 0.25) is 0 Å². The van der Waals surface area contributed by atoms with Gasteiger partial charge in [0.25, 0.3) is 0 Å². The summed E-state index contributed by atoms with van der Waals surface area (Å²) in [7, 11) is 3.97. The Kier molecular flexibility index (Phi) is 4.70. The highest BCUT2D eigenvalue weighted by atomic mass is 19.1. The molecule has 168 valence electrons. The van der Waals surface area contributed by atoms with E-state index in [2.05, 4.69) is 30.1 Å². The summed E-state index contributed by atoms with van der Waals surface area (Å²) in [6.45, 7) is 0.715. The number of aromatic amines is 2. The first-order chi connectivity index (χ1) is 16.6. The molecule has 0 radical (unpaired) electrons. The van der Waals surface area contributed by atoms with E-state index in [9.17, 15) is 0 Å². The van der Waals surface area contributed by atoms with Crippen LogP contribution in [-0.4, -0.2) is 49.1 Å². The molecule has 0 amide bonds. The van der Waals surface area contributed by atoms with Crippen molar-refractivity contribution in [2.75, 3.05) is 14.1 Å². The highest BCUT2D eigenvalue weighted by Crippen LogP contribution is 2.34. The second-order valence-electron chi connectivity index (χ2n) is 8.42. The summed E-state index contributed by atoms with van der Waals surface area (Å²) in [6.07, 6.45) is 8.47. The van der Waals surface area contributed by atoms with Gasteiger partial charge in [0.15, 0.2) is 11.5 Å². The lowest BCUT2D eigenvalue weighted by molar-refractivity contribution is 0.402. The van der Waals surface area contributed by atoms with Crippen molar-refractivity contribution in [1.82, 2.24) is 35.0 Å². The molecule has 0 saturated carbocycles. The maximum atomic E-state index is 15.1. The number of hydrogen-bond acceptors (Lipinski definition) is 6. The maximum Gasteiger partial charge on any atom is 0.178 e. The van der Waals surface area contributed by atoms with Gasteiger partial charge in [-0.25, -0.2) is 14.4 Å². The number of halogens is 1. The Hall–Kier alpha value is -4.37. The lowest BCUT2D eigenvalue weighted by Gasteiger charge is -2.11. The van der Waals surface area contributed by atoms with Gasteiger partial charge in [0.1, 0.15) is 11.5 Å². The zero-order chi connectivity index (χ0) is 23.2. The van der Waals surface area contributed by atoms with Gasteiger partial charge in [-0.3, -0.25) is 10.1 Å². The van der Waals surface area contributed by atoms with E-state index < -0.39 is 0 Å². The third-order valence-corrected chi connectivity index (χ3v) is 5.70. The van der Waals surface area contributed by atoms with Gasteiger partial charge < -0.3 is 14.3 Å². The Labute approximate surface area is 193 Å². The van der Waals surface area contributed by atoms with Crippen LogP contribution < -0.4 is 0 Å². The van der Waals surface area contributed by atoms with E-state index in [0.717, 1.165) is 27.6 Å². The Morgan fingerprint density at radius 3 is 2.79 bits per heavy atom. The van der Waals surface area contributed by atoms with Crippen LogP contribution in [-0.2, 0) is 6.54 Å². The van der Waals surface area contributed by atoms with Gasteiger partial charge in [0, 0.05) is 58.8 Å². The summed E-state index contributed by atoms with van der Waals surface area (Å²) in [6, 6.07) is 8.99. The molecule has 2 N–H and O–H groups in total. The van der Waals surface area contributed by atoms with Crippen LogP contribution in [0.1, 0.15) is 5.56 Å². The SMILES string of the molecule is CN(C)Cc1cncc(-c2cc3c(-c4nc5nccc(-c6ccoc6)c5[nH]4)n[nH]c3cc2F)c1. The molecular weight excluding hydrogens is 433 g/mol. The molecule has 0 spiro atoms. The van der Waals surface area contributed by atoms with Crippen molar-refractivity contribution in [3.05, 3.63) is 72.8 Å². The molecule has 0 aliphatic heterocycles. The monoisotopic (exact) mass is 453 g/mol. The number of benzene rings is 1. The van der Waals surface area contributed by atoms with E-state index >= 15 is 4.39 Å². The Bertz CT molecular complexity index is 1630. The minimum Gasteiger partial charge on any atom is -0.472 e. The molecule has 0 fully saturated rings. The zero-order valence-electron chi connectivity index (χ0n) is 18.5. The molecule has 0 aliphatic carbocycles. The van der Waals surface area contributed by atoms with Crippen molar-refractivity contribution in [3.8, 4) is 33.8 Å². The summed E-state index contributed by atoms with van der Waals surface area (Å²) in [4.78, 5) is 18.7. The van der Waals surface area contributed by atoms with Crippen LogP contribution >= 0.6 is 0 Å². The standard InChI is InChI=1S/C25H20FN7O/c1-33(2)12-14-7-16(11-27-10-14)18-8-19-21(9-20(18)26)31-32-23(19)25-29-22-17(15-4-6-34-13-15)3-5-28-24(22)30-25/h3-11,13H,12H2,1-2H3,(H,31,32)(H,28,29,30). The van der Waals surface area contributed by atoms with Crippen LogP contribution in [0.15, 0.2) is 65.9 Å². The quantitative estimate of drug-likeness (QED) is 0.380. The Morgan fingerprint density at radius 1 is 1.06 bits per heavy atom. The molecule has 6 rings (SSSR count). The first-order valence-electron chi connectivity index (χ1n) is 10.7. The van der Waals surface area contributed by atoms with E-state index in [0.29, 0.717) is 40.4 Å². The first-order valence-corrected chi connectivity index (χ1v) is 10.7. The number of nitrogens with zero attached hydrogens (tertiary/aromatic N) is 5. The van der Waals surface area contributed by atoms with Crippen molar-refractivity contribution in [2.45, 2.75) is 6.54 Å². The average Bonchev–Trinajstić information content (AvgIpc) is 3.57. The largest absolute Gasteiger partial charge is 0.472 e. The first kappa shape index (κ1) is 20.3. The third-order valence-electron chi connectivity index (χ3n) is 5.70. The van der Waals surface area contributed by atoms with Crippen LogP contribution in [0.5, 0.6) is 0 Å². The van der Waals surface area contributed by atoms with Gasteiger partial charge in [-0.05, 0) is 43.9 Å². The molecule has 6 aromatic rings. The van der Waals surface area contributed by atoms with Crippen molar-refractivity contribution < 1.29 is 8.81 Å². The zero-order valence-corrected chi connectivity index (χ0v) is 18.5.